The minimum absolute atomic E-state index is 0.0329. The van der Waals surface area contributed by atoms with Crippen molar-refractivity contribution < 1.29 is 14.7 Å². The number of fused-ring (bicyclic) bond motifs is 1. The molecule has 10 heteroatoms. The van der Waals surface area contributed by atoms with Crippen LogP contribution in [0.15, 0.2) is 35.4 Å². The third-order valence-corrected chi connectivity index (χ3v) is 6.91. The monoisotopic (exact) mass is 504 g/mol. The smallest absolute Gasteiger partial charge is 0.270 e. The molecule has 4 heterocycles. The Hall–Kier alpha value is -3.95. The zero-order valence-electron chi connectivity index (χ0n) is 21.3. The van der Waals surface area contributed by atoms with E-state index in [0.717, 1.165) is 31.2 Å². The lowest BCUT2D eigenvalue weighted by Crippen LogP contribution is -2.36. The van der Waals surface area contributed by atoms with Crippen LogP contribution in [-0.4, -0.2) is 53.6 Å². The summed E-state index contributed by atoms with van der Waals surface area (Å²) in [4.78, 5) is 45.6. The van der Waals surface area contributed by atoms with Crippen LogP contribution in [0.3, 0.4) is 0 Å². The van der Waals surface area contributed by atoms with E-state index in [4.69, 9.17) is 0 Å². The molecule has 2 fully saturated rings. The minimum atomic E-state index is -0.597. The summed E-state index contributed by atoms with van der Waals surface area (Å²) >= 11 is 0. The highest BCUT2D eigenvalue weighted by atomic mass is 16.3. The van der Waals surface area contributed by atoms with Crippen molar-refractivity contribution in [1.29, 1.82) is 0 Å². The molecule has 10 nitrogen and oxygen atoms in total. The van der Waals surface area contributed by atoms with E-state index in [0.29, 0.717) is 30.0 Å². The van der Waals surface area contributed by atoms with Gasteiger partial charge in [-0.1, -0.05) is 19.9 Å². The third kappa shape index (κ3) is 4.75. The number of rotatable bonds is 7. The van der Waals surface area contributed by atoms with Crippen LogP contribution in [0.4, 0.5) is 0 Å². The second-order valence-corrected chi connectivity index (χ2v) is 10.3. The van der Waals surface area contributed by atoms with Gasteiger partial charge in [-0.15, -0.1) is 0 Å². The Morgan fingerprint density at radius 1 is 1.27 bits per heavy atom. The standard InChI is InChI=1S/C27H32N6O4/c1-16(2)15-32-25-20(10-11-22(34)31-13-5-7-21(31)18-6-4-12-28-14-18)17(3)30-33(25)27(37)23(26(32)36)24(35)29-19-8-9-19/h4,6,10-12,14,16,19,21,37H,5,7-9,13,15H2,1-3H3,(H,29,35). The SMILES string of the molecule is Cc1nn2c(O)c(C(=O)NC3CC3)c(=O)n(CC(C)C)c2c1C=CC(=O)N1CCCC1c1cccnc1. The number of carbonyl (C=O) groups excluding carboxylic acids is 2. The Balaban J connectivity index is 1.54. The highest BCUT2D eigenvalue weighted by molar-refractivity contribution is 5.97. The zero-order chi connectivity index (χ0) is 26.3. The molecule has 37 heavy (non-hydrogen) atoms. The minimum Gasteiger partial charge on any atom is -0.492 e. The number of hydrogen-bond acceptors (Lipinski definition) is 6. The van der Waals surface area contributed by atoms with Crippen molar-refractivity contribution in [2.45, 2.75) is 65.1 Å². The number of carbonyl (C=O) groups is 2. The number of hydrogen-bond donors (Lipinski definition) is 2. The van der Waals surface area contributed by atoms with Gasteiger partial charge in [0.05, 0.1) is 11.7 Å². The Morgan fingerprint density at radius 3 is 2.73 bits per heavy atom. The lowest BCUT2D eigenvalue weighted by atomic mass is 10.1. The molecule has 1 saturated carbocycles. The quantitative estimate of drug-likeness (QED) is 0.477. The molecule has 1 aliphatic heterocycles. The highest BCUT2D eigenvalue weighted by Gasteiger charge is 2.31. The Morgan fingerprint density at radius 2 is 2.05 bits per heavy atom. The molecule has 194 valence electrons. The van der Waals surface area contributed by atoms with Crippen LogP contribution < -0.4 is 10.9 Å². The Kier molecular flexibility index (Phi) is 6.57. The van der Waals surface area contributed by atoms with Gasteiger partial charge in [0.1, 0.15) is 5.65 Å². The normalized spacial score (nSPS) is 17.8. The highest BCUT2D eigenvalue weighted by Crippen LogP contribution is 2.32. The summed E-state index contributed by atoms with van der Waals surface area (Å²) in [5.41, 5.74) is 1.54. The van der Waals surface area contributed by atoms with Crippen molar-refractivity contribution in [1.82, 2.24) is 29.4 Å². The van der Waals surface area contributed by atoms with E-state index < -0.39 is 17.3 Å². The molecule has 1 aliphatic carbocycles. The summed E-state index contributed by atoms with van der Waals surface area (Å²) < 4.78 is 2.71. The zero-order valence-corrected chi connectivity index (χ0v) is 21.3. The second kappa shape index (κ2) is 9.84. The van der Waals surface area contributed by atoms with Crippen LogP contribution in [0, 0.1) is 12.8 Å². The van der Waals surface area contributed by atoms with E-state index in [1.54, 1.807) is 25.4 Å². The summed E-state index contributed by atoms with van der Waals surface area (Å²) in [6, 6.07) is 3.85. The first kappa shape index (κ1) is 24.7. The maximum Gasteiger partial charge on any atom is 0.270 e. The molecule has 0 radical (unpaired) electrons. The maximum absolute atomic E-state index is 13.5. The molecule has 5 rings (SSSR count). The summed E-state index contributed by atoms with van der Waals surface area (Å²) in [7, 11) is 0. The summed E-state index contributed by atoms with van der Waals surface area (Å²) in [5.74, 6) is -1.15. The molecule has 3 aromatic heterocycles. The molecule has 3 aromatic rings. The van der Waals surface area contributed by atoms with Gasteiger partial charge in [0.2, 0.25) is 11.8 Å². The molecular formula is C27H32N6O4. The summed E-state index contributed by atoms with van der Waals surface area (Å²) in [5, 5.41) is 18.2. The molecular weight excluding hydrogens is 472 g/mol. The van der Waals surface area contributed by atoms with E-state index in [1.807, 2.05) is 30.9 Å². The topological polar surface area (TPSA) is 122 Å². The van der Waals surface area contributed by atoms with Gasteiger partial charge in [0.25, 0.3) is 11.5 Å². The van der Waals surface area contributed by atoms with Crippen LogP contribution >= 0.6 is 0 Å². The summed E-state index contributed by atoms with van der Waals surface area (Å²) in [6.07, 6.45) is 10.1. The van der Waals surface area contributed by atoms with Crippen molar-refractivity contribution in [3.05, 3.63) is 63.3 Å². The first-order chi connectivity index (χ1) is 17.8. The predicted octanol–water partition coefficient (Wildman–Crippen LogP) is 2.83. The maximum atomic E-state index is 13.5. The first-order valence-corrected chi connectivity index (χ1v) is 12.8. The van der Waals surface area contributed by atoms with Gasteiger partial charge in [-0.2, -0.15) is 9.61 Å². The predicted molar refractivity (Wildman–Crippen MR) is 138 cm³/mol. The van der Waals surface area contributed by atoms with Crippen LogP contribution in [0.5, 0.6) is 5.88 Å². The van der Waals surface area contributed by atoms with Crippen LogP contribution in [0.2, 0.25) is 0 Å². The fourth-order valence-corrected chi connectivity index (χ4v) is 4.98. The van der Waals surface area contributed by atoms with E-state index >= 15 is 0 Å². The van der Waals surface area contributed by atoms with E-state index in [2.05, 4.69) is 15.4 Å². The van der Waals surface area contributed by atoms with Gasteiger partial charge in [0, 0.05) is 43.2 Å². The van der Waals surface area contributed by atoms with Gasteiger partial charge < -0.3 is 15.3 Å². The van der Waals surface area contributed by atoms with Crippen molar-refractivity contribution in [2.24, 2.45) is 5.92 Å². The van der Waals surface area contributed by atoms with Crippen molar-refractivity contribution in [3.63, 3.8) is 0 Å². The average molecular weight is 505 g/mol. The molecule has 2 N–H and O–H groups in total. The number of nitrogens with one attached hydrogen (secondary N) is 1. The molecule has 2 amide bonds. The van der Waals surface area contributed by atoms with Crippen molar-refractivity contribution in [3.8, 4) is 5.88 Å². The van der Waals surface area contributed by atoms with Crippen molar-refractivity contribution >= 4 is 23.5 Å². The lowest BCUT2D eigenvalue weighted by Gasteiger charge is -2.23. The molecule has 0 bridgehead atoms. The first-order valence-electron chi connectivity index (χ1n) is 12.8. The van der Waals surface area contributed by atoms with Crippen LogP contribution in [0.1, 0.15) is 72.8 Å². The molecule has 1 atom stereocenters. The third-order valence-electron chi connectivity index (χ3n) is 6.91. The fraction of sp³-hybridized carbons (Fsp3) is 0.444. The van der Waals surface area contributed by atoms with Crippen LogP contribution in [-0.2, 0) is 11.3 Å². The number of aromatic nitrogens is 4. The number of pyridine rings is 1. The summed E-state index contributed by atoms with van der Waals surface area (Å²) in [6.45, 7) is 6.65. The van der Waals surface area contributed by atoms with E-state index in [-0.39, 0.29) is 29.5 Å². The van der Waals surface area contributed by atoms with Crippen molar-refractivity contribution in [2.75, 3.05) is 6.54 Å². The van der Waals surface area contributed by atoms with Crippen LogP contribution in [0.25, 0.3) is 11.7 Å². The Labute approximate surface area is 214 Å². The fourth-order valence-electron chi connectivity index (χ4n) is 4.98. The van der Waals surface area contributed by atoms with E-state index in [9.17, 15) is 19.5 Å². The largest absolute Gasteiger partial charge is 0.492 e. The number of aromatic hydroxyl groups is 1. The molecule has 1 unspecified atom stereocenters. The average Bonchev–Trinajstić information content (AvgIpc) is 3.42. The van der Waals surface area contributed by atoms with Gasteiger partial charge in [-0.05, 0) is 56.2 Å². The van der Waals surface area contributed by atoms with Gasteiger partial charge in [-0.25, -0.2) is 0 Å². The number of aryl methyl sites for hydroxylation is 1. The van der Waals surface area contributed by atoms with Gasteiger partial charge >= 0.3 is 0 Å². The van der Waals surface area contributed by atoms with Gasteiger partial charge in [-0.3, -0.25) is 23.9 Å². The molecule has 1 saturated heterocycles. The number of amides is 2. The van der Waals surface area contributed by atoms with E-state index in [1.165, 1.54) is 15.2 Å². The number of likely N-dealkylation sites (tertiary alicyclic amines) is 1. The second-order valence-electron chi connectivity index (χ2n) is 10.3. The van der Waals surface area contributed by atoms with Gasteiger partial charge in [0.15, 0.2) is 5.56 Å². The molecule has 0 aromatic carbocycles. The molecule has 0 spiro atoms. The molecule has 2 aliphatic rings. The lowest BCUT2D eigenvalue weighted by molar-refractivity contribution is -0.126. The Bertz CT molecular complexity index is 1430. The number of nitrogens with zero attached hydrogens (tertiary/aromatic N) is 5.